The molecule has 0 spiro atoms. The van der Waals surface area contributed by atoms with Gasteiger partial charge >= 0.3 is 0 Å². The van der Waals surface area contributed by atoms with E-state index in [1.54, 1.807) is 12.4 Å². The van der Waals surface area contributed by atoms with E-state index in [4.69, 9.17) is 0 Å². The fourth-order valence-electron chi connectivity index (χ4n) is 3.20. The predicted molar refractivity (Wildman–Crippen MR) is 99.1 cm³/mol. The molecule has 1 aliphatic heterocycles. The van der Waals surface area contributed by atoms with Gasteiger partial charge in [-0.1, -0.05) is 0 Å². The largest absolute Gasteiger partial charge is 0.351 e. The summed E-state index contributed by atoms with van der Waals surface area (Å²) in [4.78, 5) is 16.3. The molecule has 3 aromatic rings. The monoisotopic (exact) mass is 367 g/mol. The van der Waals surface area contributed by atoms with Gasteiger partial charge in [0.05, 0.1) is 0 Å². The van der Waals surface area contributed by atoms with Crippen molar-refractivity contribution in [1.82, 2.24) is 19.9 Å². The second kappa shape index (κ2) is 7.36. The van der Waals surface area contributed by atoms with Crippen molar-refractivity contribution in [3.8, 4) is 11.3 Å². The summed E-state index contributed by atoms with van der Waals surface area (Å²) >= 11 is 0. The van der Waals surface area contributed by atoms with Crippen molar-refractivity contribution in [3.05, 3.63) is 72.3 Å². The minimum absolute atomic E-state index is 0.189. The van der Waals surface area contributed by atoms with Gasteiger partial charge in [0, 0.05) is 43.6 Å². The SMILES string of the molecule is CN(Cc1ccncc1)C1CN(c2ncnc(-c3ccc(F)cc3)c2F)C1. The Balaban J connectivity index is 1.45. The average molecular weight is 367 g/mol. The van der Waals surface area contributed by atoms with E-state index in [0.29, 0.717) is 24.7 Å². The molecule has 0 unspecified atom stereocenters. The molecule has 1 saturated heterocycles. The van der Waals surface area contributed by atoms with Crippen molar-refractivity contribution in [2.24, 2.45) is 0 Å². The maximum atomic E-state index is 14.9. The summed E-state index contributed by atoms with van der Waals surface area (Å²) in [5.41, 5.74) is 1.91. The van der Waals surface area contributed by atoms with Crippen molar-refractivity contribution in [2.45, 2.75) is 12.6 Å². The van der Waals surface area contributed by atoms with Gasteiger partial charge in [-0.05, 0) is 49.0 Å². The van der Waals surface area contributed by atoms with E-state index in [1.165, 1.54) is 36.2 Å². The Hall–Kier alpha value is -2.93. The van der Waals surface area contributed by atoms with Crippen molar-refractivity contribution in [1.29, 1.82) is 0 Å². The number of aromatic nitrogens is 3. The highest BCUT2D eigenvalue weighted by Crippen LogP contribution is 2.29. The maximum absolute atomic E-state index is 14.9. The molecule has 138 valence electrons. The molecule has 0 radical (unpaired) electrons. The lowest BCUT2D eigenvalue weighted by Gasteiger charge is -2.44. The lowest BCUT2D eigenvalue weighted by Crippen LogP contribution is -2.58. The zero-order valence-electron chi connectivity index (χ0n) is 14.9. The number of nitrogens with zero attached hydrogens (tertiary/aromatic N) is 5. The van der Waals surface area contributed by atoms with E-state index in [0.717, 1.165) is 6.54 Å². The number of halogens is 2. The Morgan fingerprint density at radius 2 is 1.74 bits per heavy atom. The fraction of sp³-hybridized carbons (Fsp3) is 0.250. The van der Waals surface area contributed by atoms with Crippen LogP contribution in [0.2, 0.25) is 0 Å². The van der Waals surface area contributed by atoms with Crippen molar-refractivity contribution in [3.63, 3.8) is 0 Å². The first kappa shape index (κ1) is 17.5. The molecule has 5 nitrogen and oxygen atoms in total. The maximum Gasteiger partial charge on any atom is 0.191 e. The summed E-state index contributed by atoms with van der Waals surface area (Å²) in [5, 5.41) is 0. The van der Waals surface area contributed by atoms with Crippen LogP contribution in [-0.2, 0) is 6.54 Å². The van der Waals surface area contributed by atoms with E-state index in [9.17, 15) is 8.78 Å². The molecule has 7 heteroatoms. The minimum atomic E-state index is -0.473. The van der Waals surface area contributed by atoms with Gasteiger partial charge in [-0.15, -0.1) is 0 Å². The fourth-order valence-corrected chi connectivity index (χ4v) is 3.20. The molecule has 0 amide bonds. The van der Waals surface area contributed by atoms with Crippen LogP contribution in [0.1, 0.15) is 5.56 Å². The molecule has 0 bridgehead atoms. The highest BCUT2D eigenvalue weighted by atomic mass is 19.1. The first-order valence-corrected chi connectivity index (χ1v) is 8.72. The zero-order valence-corrected chi connectivity index (χ0v) is 14.9. The first-order chi connectivity index (χ1) is 13.1. The van der Waals surface area contributed by atoms with Crippen LogP contribution >= 0.6 is 0 Å². The van der Waals surface area contributed by atoms with E-state index < -0.39 is 5.82 Å². The second-order valence-corrected chi connectivity index (χ2v) is 6.70. The molecule has 1 aliphatic rings. The van der Waals surface area contributed by atoms with Crippen LogP contribution in [0.15, 0.2) is 55.1 Å². The highest BCUT2D eigenvalue weighted by molar-refractivity contribution is 5.64. The Bertz CT molecular complexity index is 911. The van der Waals surface area contributed by atoms with Crippen molar-refractivity contribution in [2.75, 3.05) is 25.0 Å². The normalized spacial score (nSPS) is 14.4. The molecule has 0 aliphatic carbocycles. The molecule has 0 saturated carbocycles. The van der Waals surface area contributed by atoms with Crippen LogP contribution in [0.25, 0.3) is 11.3 Å². The van der Waals surface area contributed by atoms with Crippen LogP contribution in [-0.4, -0.2) is 46.0 Å². The average Bonchev–Trinajstić information content (AvgIpc) is 2.64. The van der Waals surface area contributed by atoms with Crippen molar-refractivity contribution < 1.29 is 8.78 Å². The highest BCUT2D eigenvalue weighted by Gasteiger charge is 2.33. The van der Waals surface area contributed by atoms with Gasteiger partial charge in [0.2, 0.25) is 0 Å². The third-order valence-electron chi connectivity index (χ3n) is 4.86. The molecule has 4 rings (SSSR count). The summed E-state index contributed by atoms with van der Waals surface area (Å²) in [6.07, 6.45) is 4.91. The molecule has 27 heavy (non-hydrogen) atoms. The van der Waals surface area contributed by atoms with Crippen LogP contribution < -0.4 is 4.90 Å². The number of rotatable bonds is 5. The van der Waals surface area contributed by atoms with Gasteiger partial charge in [-0.25, -0.2) is 18.7 Å². The lowest BCUT2D eigenvalue weighted by molar-refractivity contribution is 0.196. The molecular weight excluding hydrogens is 348 g/mol. The number of benzene rings is 1. The Kier molecular flexibility index (Phi) is 4.77. The van der Waals surface area contributed by atoms with Crippen LogP contribution in [0.5, 0.6) is 0 Å². The number of likely N-dealkylation sites (N-methyl/N-ethyl adjacent to an activating group) is 1. The summed E-state index contributed by atoms with van der Waals surface area (Å²) in [6, 6.07) is 9.94. The van der Waals surface area contributed by atoms with Crippen LogP contribution in [0, 0.1) is 11.6 Å². The van der Waals surface area contributed by atoms with Gasteiger partial charge in [-0.3, -0.25) is 9.88 Å². The summed E-state index contributed by atoms with van der Waals surface area (Å²) in [5.74, 6) is -0.548. The number of hydrogen-bond acceptors (Lipinski definition) is 5. The van der Waals surface area contributed by atoms with Gasteiger partial charge in [0.1, 0.15) is 17.8 Å². The van der Waals surface area contributed by atoms with Gasteiger partial charge in [0.25, 0.3) is 0 Å². The third kappa shape index (κ3) is 3.64. The number of anilines is 1. The van der Waals surface area contributed by atoms with E-state index in [2.05, 4.69) is 26.9 Å². The summed E-state index contributed by atoms with van der Waals surface area (Å²) in [6.45, 7) is 2.20. The third-order valence-corrected chi connectivity index (χ3v) is 4.86. The quantitative estimate of drug-likeness (QED) is 0.693. The molecule has 0 atom stereocenters. The van der Waals surface area contributed by atoms with Gasteiger partial charge < -0.3 is 4.90 Å². The minimum Gasteiger partial charge on any atom is -0.351 e. The molecule has 1 aromatic carbocycles. The molecule has 0 N–H and O–H groups in total. The van der Waals surface area contributed by atoms with E-state index in [1.807, 2.05) is 17.0 Å². The molecule has 1 fully saturated rings. The molecule has 3 heterocycles. The predicted octanol–water partition coefficient (Wildman–Crippen LogP) is 3.14. The molecular formula is C20H19F2N5. The van der Waals surface area contributed by atoms with Crippen LogP contribution in [0.3, 0.4) is 0 Å². The van der Waals surface area contributed by atoms with Crippen molar-refractivity contribution >= 4 is 5.82 Å². The lowest BCUT2D eigenvalue weighted by atomic mass is 10.1. The Morgan fingerprint density at radius 3 is 2.44 bits per heavy atom. The van der Waals surface area contributed by atoms with E-state index in [-0.39, 0.29) is 17.3 Å². The number of hydrogen-bond donors (Lipinski definition) is 0. The first-order valence-electron chi connectivity index (χ1n) is 8.72. The summed E-state index contributed by atoms with van der Waals surface area (Å²) in [7, 11) is 2.06. The second-order valence-electron chi connectivity index (χ2n) is 6.70. The van der Waals surface area contributed by atoms with E-state index >= 15 is 0 Å². The summed E-state index contributed by atoms with van der Waals surface area (Å²) < 4.78 is 28.0. The molecule has 2 aromatic heterocycles. The van der Waals surface area contributed by atoms with Crippen LogP contribution in [0.4, 0.5) is 14.6 Å². The topological polar surface area (TPSA) is 45.2 Å². The Labute approximate surface area is 156 Å². The van der Waals surface area contributed by atoms with Gasteiger partial charge in [-0.2, -0.15) is 0 Å². The number of pyridine rings is 1. The Morgan fingerprint density at radius 1 is 1.04 bits per heavy atom. The van der Waals surface area contributed by atoms with Gasteiger partial charge in [0.15, 0.2) is 11.6 Å². The smallest absolute Gasteiger partial charge is 0.191 e. The standard InChI is InChI=1S/C20H19F2N5/c1-26(10-14-6-8-23-9-7-14)17-11-27(12-17)20-18(22)19(24-13-25-20)15-2-4-16(21)5-3-15/h2-9,13,17H,10-12H2,1H3. The zero-order chi connectivity index (χ0) is 18.8.